The Labute approximate surface area is 167 Å². The lowest BCUT2D eigenvalue weighted by atomic mass is 9.95. The second-order valence-electron chi connectivity index (χ2n) is 8.32. The maximum atomic E-state index is 13.5. The van der Waals surface area contributed by atoms with E-state index in [-0.39, 0.29) is 47.7 Å². The summed E-state index contributed by atoms with van der Waals surface area (Å²) in [7, 11) is 0. The van der Waals surface area contributed by atoms with Crippen LogP contribution in [0.1, 0.15) is 47.3 Å². The van der Waals surface area contributed by atoms with Gasteiger partial charge in [-0.2, -0.15) is 0 Å². The van der Waals surface area contributed by atoms with Crippen LogP contribution < -0.4 is 5.56 Å². The fourth-order valence-corrected chi connectivity index (χ4v) is 4.62. The lowest BCUT2D eigenvalue weighted by Gasteiger charge is -2.36. The number of nitrogens with zero attached hydrogens (tertiary/aromatic N) is 4. The minimum atomic E-state index is -0.334. The van der Waals surface area contributed by atoms with Crippen LogP contribution in [-0.2, 0) is 22.5 Å². The van der Waals surface area contributed by atoms with Crippen molar-refractivity contribution in [3.05, 3.63) is 33.2 Å². The second-order valence-corrected chi connectivity index (χ2v) is 8.32. The molecule has 3 fully saturated rings. The van der Waals surface area contributed by atoms with E-state index < -0.39 is 0 Å². The molecule has 1 saturated carbocycles. The van der Waals surface area contributed by atoms with Gasteiger partial charge in [0.1, 0.15) is 12.2 Å². The van der Waals surface area contributed by atoms with Gasteiger partial charge in [-0.05, 0) is 30.4 Å². The number of amides is 3. The molecule has 29 heavy (non-hydrogen) atoms. The van der Waals surface area contributed by atoms with Gasteiger partial charge in [0.2, 0.25) is 5.91 Å². The van der Waals surface area contributed by atoms with Crippen molar-refractivity contribution in [2.45, 2.75) is 44.8 Å². The van der Waals surface area contributed by atoms with Crippen molar-refractivity contribution < 1.29 is 19.1 Å². The lowest BCUT2D eigenvalue weighted by molar-refractivity contribution is -0.129. The maximum Gasteiger partial charge on any atom is 0.410 e. The fourth-order valence-electron chi connectivity index (χ4n) is 4.62. The first-order chi connectivity index (χ1) is 13.9. The third-order valence-electron chi connectivity index (χ3n) is 6.43. The van der Waals surface area contributed by atoms with Gasteiger partial charge in [-0.25, -0.2) is 4.79 Å². The molecule has 2 saturated heterocycles. The van der Waals surface area contributed by atoms with Crippen molar-refractivity contribution in [1.82, 2.24) is 19.3 Å². The number of aromatic nitrogens is 1. The Kier molecular flexibility index (Phi) is 4.15. The number of carbonyl (C=O) groups excluding carboxylic acids is 3. The van der Waals surface area contributed by atoms with Gasteiger partial charge in [0.15, 0.2) is 0 Å². The molecule has 0 spiro atoms. The van der Waals surface area contributed by atoms with Gasteiger partial charge < -0.3 is 19.1 Å². The van der Waals surface area contributed by atoms with Crippen LogP contribution in [0.15, 0.2) is 11.0 Å². The molecule has 0 N–H and O–H groups in total. The van der Waals surface area contributed by atoms with Gasteiger partial charge in [-0.15, -0.1) is 0 Å². The summed E-state index contributed by atoms with van der Waals surface area (Å²) in [4.78, 5) is 55.4. The van der Waals surface area contributed by atoms with Gasteiger partial charge in [-0.3, -0.25) is 19.3 Å². The first-order valence-corrected chi connectivity index (χ1v) is 10.2. The van der Waals surface area contributed by atoms with Crippen molar-refractivity contribution in [3.63, 3.8) is 0 Å². The predicted molar refractivity (Wildman–Crippen MR) is 102 cm³/mol. The molecule has 4 heterocycles. The number of rotatable bonds is 2. The molecule has 3 amide bonds. The standard InChI is InChI=1S/C20H24N4O5/c1-12(25)21-5-4-16-13(8-21)9-24(14-2-3-14)19(27)17(16)18(26)22-6-7-23-15(10-22)11-29-20(23)28/h9,14-15H,2-8,10-11H2,1H3. The molecule has 1 unspecified atom stereocenters. The number of ether oxygens (including phenoxy) is 1. The van der Waals surface area contributed by atoms with E-state index in [9.17, 15) is 19.2 Å². The molecule has 0 aromatic carbocycles. The molecule has 1 aromatic rings. The number of pyridine rings is 1. The molecule has 9 heteroatoms. The number of hydrogen-bond donors (Lipinski definition) is 0. The highest BCUT2D eigenvalue weighted by atomic mass is 16.6. The first kappa shape index (κ1) is 18.2. The van der Waals surface area contributed by atoms with Crippen molar-refractivity contribution in [2.24, 2.45) is 0 Å². The summed E-state index contributed by atoms with van der Waals surface area (Å²) >= 11 is 0. The third kappa shape index (κ3) is 2.99. The van der Waals surface area contributed by atoms with E-state index in [2.05, 4.69) is 0 Å². The quantitative estimate of drug-likeness (QED) is 0.715. The Hall–Kier alpha value is -2.84. The predicted octanol–water partition coefficient (Wildman–Crippen LogP) is 0.364. The summed E-state index contributed by atoms with van der Waals surface area (Å²) < 4.78 is 6.78. The van der Waals surface area contributed by atoms with E-state index in [0.29, 0.717) is 39.1 Å². The monoisotopic (exact) mass is 400 g/mol. The highest BCUT2D eigenvalue weighted by Gasteiger charge is 2.40. The number of carbonyl (C=O) groups is 3. The topological polar surface area (TPSA) is 92.2 Å². The van der Waals surface area contributed by atoms with E-state index in [1.54, 1.807) is 26.2 Å². The third-order valence-corrected chi connectivity index (χ3v) is 6.43. The van der Waals surface area contributed by atoms with Gasteiger partial charge in [0.25, 0.3) is 11.5 Å². The Bertz CT molecular complexity index is 966. The SMILES string of the molecule is CC(=O)N1CCc2c(cn(C3CC3)c(=O)c2C(=O)N2CCN3C(=O)OCC3C2)C1. The van der Waals surface area contributed by atoms with Crippen LogP contribution in [0.2, 0.25) is 0 Å². The molecule has 154 valence electrons. The number of cyclic esters (lactones) is 1. The van der Waals surface area contributed by atoms with Crippen molar-refractivity contribution in [1.29, 1.82) is 0 Å². The Morgan fingerprint density at radius 2 is 1.86 bits per heavy atom. The van der Waals surface area contributed by atoms with Gasteiger partial charge in [0.05, 0.1) is 6.04 Å². The van der Waals surface area contributed by atoms with E-state index in [4.69, 9.17) is 4.74 Å². The fraction of sp³-hybridized carbons (Fsp3) is 0.600. The summed E-state index contributed by atoms with van der Waals surface area (Å²) in [6.07, 6.45) is 3.88. The van der Waals surface area contributed by atoms with Crippen LogP contribution in [0.4, 0.5) is 4.79 Å². The first-order valence-electron chi connectivity index (χ1n) is 10.2. The minimum Gasteiger partial charge on any atom is -0.447 e. The zero-order chi connectivity index (χ0) is 20.3. The number of hydrogen-bond acceptors (Lipinski definition) is 5. The highest BCUT2D eigenvalue weighted by Crippen LogP contribution is 2.35. The average molecular weight is 400 g/mol. The van der Waals surface area contributed by atoms with Crippen molar-refractivity contribution in [3.8, 4) is 0 Å². The summed E-state index contributed by atoms with van der Waals surface area (Å²) in [5, 5.41) is 0. The molecular formula is C20H24N4O5. The summed E-state index contributed by atoms with van der Waals surface area (Å²) in [5.41, 5.74) is 1.68. The minimum absolute atomic E-state index is 0.00489. The van der Waals surface area contributed by atoms with Crippen LogP contribution in [0.5, 0.6) is 0 Å². The van der Waals surface area contributed by atoms with E-state index in [1.807, 2.05) is 6.20 Å². The number of fused-ring (bicyclic) bond motifs is 2. The molecular weight excluding hydrogens is 376 g/mol. The normalized spacial score (nSPS) is 23.6. The Morgan fingerprint density at radius 1 is 1.07 bits per heavy atom. The van der Waals surface area contributed by atoms with Crippen LogP contribution in [-0.4, -0.2) is 76.0 Å². The Morgan fingerprint density at radius 3 is 2.59 bits per heavy atom. The summed E-state index contributed by atoms with van der Waals surface area (Å²) in [6.45, 7) is 3.92. The van der Waals surface area contributed by atoms with E-state index >= 15 is 0 Å². The number of piperazine rings is 1. The molecule has 9 nitrogen and oxygen atoms in total. The van der Waals surface area contributed by atoms with Crippen molar-refractivity contribution in [2.75, 3.05) is 32.8 Å². The lowest BCUT2D eigenvalue weighted by Crippen LogP contribution is -2.54. The molecule has 0 bridgehead atoms. The average Bonchev–Trinajstić information content (AvgIpc) is 3.49. The largest absolute Gasteiger partial charge is 0.447 e. The molecule has 1 aliphatic carbocycles. The second kappa shape index (κ2) is 6.60. The van der Waals surface area contributed by atoms with Crippen molar-refractivity contribution >= 4 is 17.9 Å². The molecule has 3 aliphatic heterocycles. The van der Waals surface area contributed by atoms with Gasteiger partial charge in [-0.1, -0.05) is 0 Å². The van der Waals surface area contributed by atoms with Crippen LogP contribution in [0, 0.1) is 0 Å². The zero-order valence-corrected chi connectivity index (χ0v) is 16.4. The van der Waals surface area contributed by atoms with E-state index in [1.165, 1.54) is 0 Å². The molecule has 0 radical (unpaired) electrons. The molecule has 4 aliphatic rings. The van der Waals surface area contributed by atoms with E-state index in [0.717, 1.165) is 24.0 Å². The van der Waals surface area contributed by atoms with Crippen LogP contribution in [0.25, 0.3) is 0 Å². The van der Waals surface area contributed by atoms with Crippen LogP contribution >= 0.6 is 0 Å². The van der Waals surface area contributed by atoms with Crippen LogP contribution in [0.3, 0.4) is 0 Å². The molecule has 1 atom stereocenters. The Balaban J connectivity index is 1.51. The van der Waals surface area contributed by atoms with Gasteiger partial charge >= 0.3 is 6.09 Å². The maximum absolute atomic E-state index is 13.5. The zero-order valence-electron chi connectivity index (χ0n) is 16.4. The summed E-state index contributed by atoms with van der Waals surface area (Å²) in [6, 6.07) is -0.0108. The smallest absolute Gasteiger partial charge is 0.410 e. The van der Waals surface area contributed by atoms with Gasteiger partial charge in [0, 0.05) is 51.9 Å². The summed E-state index contributed by atoms with van der Waals surface area (Å²) in [5.74, 6) is -0.272. The highest BCUT2D eigenvalue weighted by molar-refractivity contribution is 5.96. The molecule has 5 rings (SSSR count). The molecule has 1 aromatic heterocycles.